The minimum Gasteiger partial charge on any atom is -0.497 e. The normalized spacial score (nSPS) is 9.79. The van der Waals surface area contributed by atoms with Crippen LogP contribution in [0.5, 0.6) is 23.0 Å². The first kappa shape index (κ1) is 17.4. The SMILES string of the molecule is COc1cc(OC)cc(C(=O)Oc2c(Cl)cc(C#N)cc2OC)c1. The van der Waals surface area contributed by atoms with Crippen LogP contribution in [-0.2, 0) is 0 Å². The summed E-state index contributed by atoms with van der Waals surface area (Å²) in [6.45, 7) is 0. The Labute approximate surface area is 144 Å². The quantitative estimate of drug-likeness (QED) is 0.609. The molecule has 2 aromatic carbocycles. The number of esters is 1. The van der Waals surface area contributed by atoms with Gasteiger partial charge in [-0.25, -0.2) is 4.79 Å². The predicted octanol–water partition coefficient (Wildman–Crippen LogP) is 3.46. The van der Waals surface area contributed by atoms with Gasteiger partial charge in [0.2, 0.25) is 0 Å². The lowest BCUT2D eigenvalue weighted by molar-refractivity contribution is 0.0729. The lowest BCUT2D eigenvalue weighted by Crippen LogP contribution is -2.10. The number of carbonyl (C=O) groups excluding carboxylic acids is 1. The number of benzene rings is 2. The fourth-order valence-electron chi connectivity index (χ4n) is 1.96. The number of hydrogen-bond acceptors (Lipinski definition) is 6. The first-order valence-electron chi connectivity index (χ1n) is 6.75. The van der Waals surface area contributed by atoms with Crippen LogP contribution in [0.2, 0.25) is 5.02 Å². The van der Waals surface area contributed by atoms with Crippen molar-refractivity contribution in [2.75, 3.05) is 21.3 Å². The molecule has 0 aliphatic rings. The number of nitrogens with zero attached hydrogens (tertiary/aromatic N) is 1. The van der Waals surface area contributed by atoms with Gasteiger partial charge in [-0.1, -0.05) is 11.6 Å². The van der Waals surface area contributed by atoms with Crippen LogP contribution in [0.1, 0.15) is 15.9 Å². The van der Waals surface area contributed by atoms with E-state index in [1.807, 2.05) is 6.07 Å². The highest BCUT2D eigenvalue weighted by Crippen LogP contribution is 2.37. The average Bonchev–Trinajstić information content (AvgIpc) is 2.62. The summed E-state index contributed by atoms with van der Waals surface area (Å²) in [7, 11) is 4.34. The molecule has 0 unspecified atom stereocenters. The molecule has 24 heavy (non-hydrogen) atoms. The average molecular weight is 348 g/mol. The summed E-state index contributed by atoms with van der Waals surface area (Å²) < 4.78 is 20.7. The van der Waals surface area contributed by atoms with Crippen molar-refractivity contribution in [3.8, 4) is 29.1 Å². The fourth-order valence-corrected chi connectivity index (χ4v) is 2.21. The number of carbonyl (C=O) groups is 1. The van der Waals surface area contributed by atoms with E-state index in [2.05, 4.69) is 0 Å². The highest BCUT2D eigenvalue weighted by atomic mass is 35.5. The first-order chi connectivity index (χ1) is 11.5. The maximum absolute atomic E-state index is 12.4. The van der Waals surface area contributed by atoms with Crippen molar-refractivity contribution in [2.24, 2.45) is 0 Å². The smallest absolute Gasteiger partial charge is 0.343 e. The summed E-state index contributed by atoms with van der Waals surface area (Å²) in [5.41, 5.74) is 0.508. The molecule has 0 amide bonds. The van der Waals surface area contributed by atoms with Gasteiger partial charge in [-0.3, -0.25) is 0 Å². The number of ether oxygens (including phenoxy) is 4. The molecule has 0 atom stereocenters. The molecular weight excluding hydrogens is 334 g/mol. The second kappa shape index (κ2) is 7.57. The third-order valence-corrected chi connectivity index (χ3v) is 3.42. The maximum atomic E-state index is 12.4. The second-order valence-corrected chi connectivity index (χ2v) is 5.00. The first-order valence-corrected chi connectivity index (χ1v) is 7.13. The predicted molar refractivity (Wildman–Crippen MR) is 87.2 cm³/mol. The zero-order valence-corrected chi connectivity index (χ0v) is 14.0. The molecule has 0 spiro atoms. The number of halogens is 1. The molecule has 0 aliphatic heterocycles. The van der Waals surface area contributed by atoms with Crippen molar-refractivity contribution in [1.82, 2.24) is 0 Å². The van der Waals surface area contributed by atoms with Crippen LogP contribution in [0, 0.1) is 11.3 Å². The van der Waals surface area contributed by atoms with Crippen LogP contribution in [0.15, 0.2) is 30.3 Å². The van der Waals surface area contributed by atoms with Gasteiger partial charge in [0, 0.05) is 12.1 Å². The molecule has 2 rings (SSSR count). The molecule has 2 aromatic rings. The minimum atomic E-state index is -0.669. The van der Waals surface area contributed by atoms with Crippen molar-refractivity contribution in [1.29, 1.82) is 5.26 Å². The Morgan fingerprint density at radius 3 is 2.12 bits per heavy atom. The van der Waals surface area contributed by atoms with Gasteiger partial charge in [-0.2, -0.15) is 5.26 Å². The Morgan fingerprint density at radius 1 is 1.00 bits per heavy atom. The summed E-state index contributed by atoms with van der Waals surface area (Å²) in [4.78, 5) is 12.4. The summed E-state index contributed by atoms with van der Waals surface area (Å²) in [5, 5.41) is 9.04. The van der Waals surface area contributed by atoms with Crippen LogP contribution in [0.3, 0.4) is 0 Å². The third kappa shape index (κ3) is 3.70. The topological polar surface area (TPSA) is 77.8 Å². The van der Waals surface area contributed by atoms with Gasteiger partial charge in [0.15, 0.2) is 11.5 Å². The van der Waals surface area contributed by atoms with E-state index in [1.54, 1.807) is 6.07 Å². The molecule has 0 bridgehead atoms. The van der Waals surface area contributed by atoms with Gasteiger partial charge < -0.3 is 18.9 Å². The molecule has 0 radical (unpaired) electrons. The minimum absolute atomic E-state index is 0.0324. The van der Waals surface area contributed by atoms with Crippen molar-refractivity contribution in [2.45, 2.75) is 0 Å². The van der Waals surface area contributed by atoms with Gasteiger partial charge in [0.05, 0.1) is 43.5 Å². The van der Waals surface area contributed by atoms with Crippen LogP contribution < -0.4 is 18.9 Å². The highest BCUT2D eigenvalue weighted by molar-refractivity contribution is 6.32. The van der Waals surface area contributed by atoms with Gasteiger partial charge in [0.1, 0.15) is 11.5 Å². The number of nitriles is 1. The standard InChI is InChI=1S/C17H14ClNO5/c1-21-12-6-11(7-13(8-12)22-2)17(20)24-16-14(18)4-10(9-19)5-15(16)23-3/h4-8H,1-3H3. The van der Waals surface area contributed by atoms with Crippen molar-refractivity contribution < 1.29 is 23.7 Å². The Balaban J connectivity index is 2.38. The van der Waals surface area contributed by atoms with Crippen molar-refractivity contribution in [3.63, 3.8) is 0 Å². The van der Waals surface area contributed by atoms with Crippen LogP contribution >= 0.6 is 11.6 Å². The Hall–Kier alpha value is -2.91. The van der Waals surface area contributed by atoms with Gasteiger partial charge >= 0.3 is 5.97 Å². The van der Waals surface area contributed by atoms with E-state index in [0.717, 1.165) is 0 Å². The molecule has 6 nitrogen and oxygen atoms in total. The lowest BCUT2D eigenvalue weighted by atomic mass is 10.2. The summed E-state index contributed by atoms with van der Waals surface area (Å²) in [6, 6.07) is 9.41. The van der Waals surface area contributed by atoms with E-state index in [9.17, 15) is 4.79 Å². The number of rotatable bonds is 5. The lowest BCUT2D eigenvalue weighted by Gasteiger charge is -2.12. The van der Waals surface area contributed by atoms with Crippen LogP contribution in [0.25, 0.3) is 0 Å². The maximum Gasteiger partial charge on any atom is 0.343 e. The van der Waals surface area contributed by atoms with Gasteiger partial charge in [0.25, 0.3) is 0 Å². The molecule has 0 N–H and O–H groups in total. The van der Waals surface area contributed by atoms with Gasteiger partial charge in [-0.05, 0) is 18.2 Å². The molecular formula is C17H14ClNO5. The zero-order valence-electron chi connectivity index (χ0n) is 13.3. The van der Waals surface area contributed by atoms with E-state index < -0.39 is 5.97 Å². The Kier molecular flexibility index (Phi) is 5.51. The molecule has 0 fully saturated rings. The van der Waals surface area contributed by atoms with E-state index in [1.165, 1.54) is 45.6 Å². The monoisotopic (exact) mass is 347 g/mol. The molecule has 0 aromatic heterocycles. The highest BCUT2D eigenvalue weighted by Gasteiger charge is 2.18. The molecule has 0 aliphatic carbocycles. The van der Waals surface area contributed by atoms with Crippen molar-refractivity contribution >= 4 is 17.6 Å². The zero-order chi connectivity index (χ0) is 17.7. The second-order valence-electron chi connectivity index (χ2n) is 4.59. The molecule has 7 heteroatoms. The summed E-state index contributed by atoms with van der Waals surface area (Å²) >= 11 is 6.08. The number of hydrogen-bond donors (Lipinski definition) is 0. The van der Waals surface area contributed by atoms with E-state index >= 15 is 0 Å². The van der Waals surface area contributed by atoms with E-state index in [4.69, 9.17) is 35.8 Å². The number of methoxy groups -OCH3 is 3. The van der Waals surface area contributed by atoms with Crippen LogP contribution in [-0.4, -0.2) is 27.3 Å². The summed E-state index contributed by atoms with van der Waals surface area (Å²) in [5.74, 6) is 0.433. The summed E-state index contributed by atoms with van der Waals surface area (Å²) in [6.07, 6.45) is 0. The van der Waals surface area contributed by atoms with E-state index in [-0.39, 0.29) is 22.1 Å². The van der Waals surface area contributed by atoms with Crippen molar-refractivity contribution in [3.05, 3.63) is 46.5 Å². The third-order valence-electron chi connectivity index (χ3n) is 3.14. The molecule has 124 valence electrons. The largest absolute Gasteiger partial charge is 0.497 e. The molecule has 0 saturated carbocycles. The fraction of sp³-hybridized carbons (Fsp3) is 0.176. The Bertz CT molecular complexity index is 791. The Morgan fingerprint density at radius 2 is 1.62 bits per heavy atom. The van der Waals surface area contributed by atoms with Gasteiger partial charge in [-0.15, -0.1) is 0 Å². The van der Waals surface area contributed by atoms with Crippen LogP contribution in [0.4, 0.5) is 0 Å². The molecule has 0 heterocycles. The molecule has 0 saturated heterocycles. The van der Waals surface area contributed by atoms with E-state index in [0.29, 0.717) is 17.1 Å².